The lowest BCUT2D eigenvalue weighted by Crippen LogP contribution is -2.18. The summed E-state index contributed by atoms with van der Waals surface area (Å²) in [4.78, 5) is 1.96. The largest absolute Gasteiger partial charge is 0.378 e. The molecule has 3 heteroatoms. The van der Waals surface area contributed by atoms with Gasteiger partial charge in [-0.2, -0.15) is 5.26 Å². The normalized spacial score (nSPS) is 14.2. The smallest absolute Gasteiger partial charge is 0.173 e. The van der Waals surface area contributed by atoms with Crippen LogP contribution in [0, 0.1) is 11.3 Å². The van der Waals surface area contributed by atoms with Gasteiger partial charge in [0.1, 0.15) is 6.07 Å². The Balaban J connectivity index is 3.01. The third-order valence-corrected chi connectivity index (χ3v) is 2.16. The minimum atomic E-state index is -1.40. The summed E-state index contributed by atoms with van der Waals surface area (Å²) >= 11 is 0. The second kappa shape index (κ2) is 3.69. The Morgan fingerprint density at radius 1 is 1.29 bits per heavy atom. The third kappa shape index (κ3) is 2.04. The summed E-state index contributed by atoms with van der Waals surface area (Å²) in [6, 6.07) is 9.13. The van der Waals surface area contributed by atoms with Crippen molar-refractivity contribution in [3.05, 3.63) is 29.8 Å². The van der Waals surface area contributed by atoms with Crippen molar-refractivity contribution in [2.45, 2.75) is 12.5 Å². The van der Waals surface area contributed by atoms with Crippen molar-refractivity contribution in [2.75, 3.05) is 19.0 Å². The van der Waals surface area contributed by atoms with Crippen molar-refractivity contribution < 1.29 is 5.11 Å². The minimum Gasteiger partial charge on any atom is -0.378 e. The van der Waals surface area contributed by atoms with Gasteiger partial charge in [-0.05, 0) is 24.6 Å². The number of anilines is 1. The molecule has 0 saturated carbocycles. The van der Waals surface area contributed by atoms with E-state index in [1.54, 1.807) is 12.1 Å². The van der Waals surface area contributed by atoms with Crippen LogP contribution in [0.5, 0.6) is 0 Å². The highest BCUT2D eigenvalue weighted by molar-refractivity contribution is 5.47. The summed E-state index contributed by atoms with van der Waals surface area (Å²) in [5.74, 6) is 0. The summed E-state index contributed by atoms with van der Waals surface area (Å²) in [7, 11) is 3.88. The molecule has 74 valence electrons. The lowest BCUT2D eigenvalue weighted by molar-refractivity contribution is 0.119. The van der Waals surface area contributed by atoms with Crippen LogP contribution in [0.3, 0.4) is 0 Å². The molecule has 0 radical (unpaired) electrons. The Morgan fingerprint density at radius 2 is 1.79 bits per heavy atom. The van der Waals surface area contributed by atoms with Gasteiger partial charge >= 0.3 is 0 Å². The highest BCUT2D eigenvalue weighted by atomic mass is 16.3. The molecule has 0 aliphatic rings. The molecular formula is C11H14N2O. The van der Waals surface area contributed by atoms with E-state index < -0.39 is 5.60 Å². The lowest BCUT2D eigenvalue weighted by atomic mass is 9.98. The molecular weight excluding hydrogens is 176 g/mol. The van der Waals surface area contributed by atoms with Crippen molar-refractivity contribution in [2.24, 2.45) is 0 Å². The van der Waals surface area contributed by atoms with Gasteiger partial charge in [-0.1, -0.05) is 12.1 Å². The molecule has 1 aromatic rings. The molecule has 1 rings (SSSR count). The maximum atomic E-state index is 9.65. The molecule has 14 heavy (non-hydrogen) atoms. The van der Waals surface area contributed by atoms with Gasteiger partial charge in [0.05, 0.1) is 0 Å². The van der Waals surface area contributed by atoms with Crippen LogP contribution in [0.4, 0.5) is 5.69 Å². The van der Waals surface area contributed by atoms with Gasteiger partial charge in [0.15, 0.2) is 5.60 Å². The molecule has 0 saturated heterocycles. The molecule has 1 atom stereocenters. The monoisotopic (exact) mass is 190 g/mol. The van der Waals surface area contributed by atoms with Gasteiger partial charge in [-0.3, -0.25) is 0 Å². The number of rotatable bonds is 2. The predicted octanol–water partition coefficient (Wildman–Crippen LogP) is 1.48. The maximum Gasteiger partial charge on any atom is 0.173 e. The first kappa shape index (κ1) is 10.6. The van der Waals surface area contributed by atoms with Crippen LogP contribution in [0.15, 0.2) is 24.3 Å². The maximum absolute atomic E-state index is 9.65. The van der Waals surface area contributed by atoms with Crippen LogP contribution in [-0.2, 0) is 5.60 Å². The van der Waals surface area contributed by atoms with Crippen LogP contribution >= 0.6 is 0 Å². The van der Waals surface area contributed by atoms with Crippen molar-refractivity contribution in [3.8, 4) is 6.07 Å². The van der Waals surface area contributed by atoms with E-state index in [1.165, 1.54) is 6.92 Å². The topological polar surface area (TPSA) is 47.3 Å². The number of nitriles is 1. The molecule has 1 unspecified atom stereocenters. The highest BCUT2D eigenvalue weighted by Gasteiger charge is 2.21. The average Bonchev–Trinajstić information content (AvgIpc) is 2.18. The standard InChI is InChI=1S/C11H14N2O/c1-11(14,8-12)9-4-6-10(7-5-9)13(2)3/h4-7,14H,1-3H3. The zero-order chi connectivity index (χ0) is 10.8. The Kier molecular flexibility index (Phi) is 2.78. The Labute approximate surface area is 84.2 Å². The van der Waals surface area contributed by atoms with E-state index in [4.69, 9.17) is 5.26 Å². The number of benzene rings is 1. The number of hydrogen-bond donors (Lipinski definition) is 1. The van der Waals surface area contributed by atoms with Crippen molar-refractivity contribution >= 4 is 5.69 Å². The minimum absolute atomic E-state index is 0.616. The van der Waals surface area contributed by atoms with Crippen LogP contribution in [0.1, 0.15) is 12.5 Å². The van der Waals surface area contributed by atoms with E-state index >= 15 is 0 Å². The highest BCUT2D eigenvalue weighted by Crippen LogP contribution is 2.22. The number of hydrogen-bond acceptors (Lipinski definition) is 3. The molecule has 0 aliphatic carbocycles. The van der Waals surface area contributed by atoms with Gasteiger partial charge in [0, 0.05) is 19.8 Å². The molecule has 0 bridgehead atoms. The molecule has 0 aromatic heterocycles. The predicted molar refractivity (Wildman–Crippen MR) is 56.0 cm³/mol. The van der Waals surface area contributed by atoms with Gasteiger partial charge < -0.3 is 10.0 Å². The SMILES string of the molecule is CN(C)c1ccc(C(C)(O)C#N)cc1. The Bertz CT molecular complexity index is 347. The zero-order valence-corrected chi connectivity index (χ0v) is 8.65. The fourth-order valence-corrected chi connectivity index (χ4v) is 1.15. The van der Waals surface area contributed by atoms with Crippen molar-refractivity contribution in [1.29, 1.82) is 5.26 Å². The second-order valence-electron chi connectivity index (χ2n) is 3.63. The van der Waals surface area contributed by atoms with E-state index in [0.29, 0.717) is 5.56 Å². The summed E-state index contributed by atoms with van der Waals surface area (Å²) in [6.45, 7) is 1.48. The Morgan fingerprint density at radius 3 is 2.14 bits per heavy atom. The van der Waals surface area contributed by atoms with Crippen molar-refractivity contribution in [3.63, 3.8) is 0 Å². The van der Waals surface area contributed by atoms with Crippen LogP contribution in [-0.4, -0.2) is 19.2 Å². The summed E-state index contributed by atoms with van der Waals surface area (Å²) in [6.07, 6.45) is 0. The first-order chi connectivity index (χ1) is 6.47. The van der Waals surface area contributed by atoms with E-state index in [-0.39, 0.29) is 0 Å². The number of aliphatic hydroxyl groups is 1. The molecule has 3 nitrogen and oxygen atoms in total. The van der Waals surface area contributed by atoms with Crippen molar-refractivity contribution in [1.82, 2.24) is 0 Å². The fourth-order valence-electron chi connectivity index (χ4n) is 1.15. The van der Waals surface area contributed by atoms with Gasteiger partial charge in [0.25, 0.3) is 0 Å². The molecule has 1 N–H and O–H groups in total. The molecule has 0 aliphatic heterocycles. The molecule has 0 amide bonds. The summed E-state index contributed by atoms with van der Waals surface area (Å²) in [5.41, 5.74) is 0.262. The van der Waals surface area contributed by atoms with E-state index in [2.05, 4.69) is 0 Å². The van der Waals surface area contributed by atoms with E-state index in [1.807, 2.05) is 37.2 Å². The molecule has 0 spiro atoms. The molecule has 0 fully saturated rings. The van der Waals surface area contributed by atoms with Gasteiger partial charge in [-0.25, -0.2) is 0 Å². The average molecular weight is 190 g/mol. The van der Waals surface area contributed by atoms with E-state index in [0.717, 1.165) is 5.69 Å². The van der Waals surface area contributed by atoms with Gasteiger partial charge in [0.2, 0.25) is 0 Å². The molecule has 1 aromatic carbocycles. The van der Waals surface area contributed by atoms with E-state index in [9.17, 15) is 5.11 Å². The Hall–Kier alpha value is -1.53. The lowest BCUT2D eigenvalue weighted by Gasteiger charge is -2.17. The quantitative estimate of drug-likeness (QED) is 0.718. The summed E-state index contributed by atoms with van der Waals surface area (Å²) < 4.78 is 0. The summed E-state index contributed by atoms with van der Waals surface area (Å²) in [5, 5.41) is 18.4. The van der Waals surface area contributed by atoms with Crippen LogP contribution in [0.25, 0.3) is 0 Å². The third-order valence-electron chi connectivity index (χ3n) is 2.16. The van der Waals surface area contributed by atoms with Crippen LogP contribution in [0.2, 0.25) is 0 Å². The van der Waals surface area contributed by atoms with Gasteiger partial charge in [-0.15, -0.1) is 0 Å². The first-order valence-electron chi connectivity index (χ1n) is 4.39. The molecule has 0 heterocycles. The van der Waals surface area contributed by atoms with Crippen LogP contribution < -0.4 is 4.90 Å². The second-order valence-corrected chi connectivity index (χ2v) is 3.63. The fraction of sp³-hybridized carbons (Fsp3) is 0.364. The zero-order valence-electron chi connectivity index (χ0n) is 8.65. The number of nitrogens with zero attached hydrogens (tertiary/aromatic N) is 2. The first-order valence-corrected chi connectivity index (χ1v) is 4.39.